The summed E-state index contributed by atoms with van der Waals surface area (Å²) in [5, 5.41) is 2.59. The predicted octanol–water partition coefficient (Wildman–Crippen LogP) is 6.44. The standard InChI is InChI=1S/C35H34ClFN2O7/c1-35(2)20-46-33-25(35)17-28(39-32(33)22-7-11-27(37)26(36)15-22)29(40)18-38-34(41)23-8-12-30(31(16-23)43-4)45-14-13-44-19-21-5-9-24(42-3)10-6-21/h5-12,15-17H,13-14,18-20H2,1-4H3,(H,38,41). The number of Topliss-reactive ketones (excluding diaryl/α,β-unsaturated/α-hetero) is 1. The molecule has 0 saturated heterocycles. The minimum Gasteiger partial charge on any atom is -0.497 e. The van der Waals surface area contributed by atoms with Crippen LogP contribution in [-0.2, 0) is 16.8 Å². The fraction of sp³-hybridized carbons (Fsp3) is 0.286. The van der Waals surface area contributed by atoms with Gasteiger partial charge < -0.3 is 29.0 Å². The fourth-order valence-electron chi connectivity index (χ4n) is 4.90. The van der Waals surface area contributed by atoms with Crippen molar-refractivity contribution in [2.45, 2.75) is 25.9 Å². The number of amides is 1. The van der Waals surface area contributed by atoms with E-state index in [2.05, 4.69) is 10.3 Å². The second kappa shape index (κ2) is 14.2. The molecule has 0 bridgehead atoms. The normalized spacial score (nSPS) is 13.0. The average Bonchev–Trinajstić information content (AvgIpc) is 3.38. The van der Waals surface area contributed by atoms with Crippen molar-refractivity contribution in [2.75, 3.05) is 40.6 Å². The third-order valence-electron chi connectivity index (χ3n) is 7.51. The van der Waals surface area contributed by atoms with Crippen molar-refractivity contribution in [1.29, 1.82) is 0 Å². The van der Waals surface area contributed by atoms with Crippen LogP contribution in [0.4, 0.5) is 4.39 Å². The maximum Gasteiger partial charge on any atom is 0.251 e. The van der Waals surface area contributed by atoms with E-state index < -0.39 is 22.9 Å². The summed E-state index contributed by atoms with van der Waals surface area (Å²) in [4.78, 5) is 30.8. The summed E-state index contributed by atoms with van der Waals surface area (Å²) in [6, 6.07) is 18.3. The molecule has 0 fully saturated rings. The number of nitrogens with zero attached hydrogens (tertiary/aromatic N) is 1. The molecule has 0 saturated carbocycles. The number of pyridine rings is 1. The molecule has 0 aliphatic carbocycles. The number of halogens is 2. The van der Waals surface area contributed by atoms with Crippen LogP contribution in [0.1, 0.15) is 45.8 Å². The van der Waals surface area contributed by atoms with Crippen LogP contribution in [0.3, 0.4) is 0 Å². The lowest BCUT2D eigenvalue weighted by molar-refractivity contribution is 0.0877. The number of fused-ring (bicyclic) bond motifs is 1. The van der Waals surface area contributed by atoms with Gasteiger partial charge in [0, 0.05) is 22.1 Å². The van der Waals surface area contributed by atoms with Crippen molar-refractivity contribution in [2.24, 2.45) is 0 Å². The van der Waals surface area contributed by atoms with Gasteiger partial charge in [0.05, 0.1) is 45.6 Å². The SMILES string of the molecule is COc1ccc(COCCOc2ccc(C(=O)NCC(=O)c3cc4c(c(-c5ccc(F)c(Cl)c5)n3)OCC4(C)C)cc2OC)cc1. The first kappa shape index (κ1) is 32.7. The zero-order valence-electron chi connectivity index (χ0n) is 25.9. The molecule has 0 radical (unpaired) electrons. The molecular formula is C35H34ClFN2O7. The first-order valence-corrected chi connectivity index (χ1v) is 14.9. The van der Waals surface area contributed by atoms with E-state index in [4.69, 9.17) is 35.3 Å². The maximum absolute atomic E-state index is 13.9. The molecule has 11 heteroatoms. The first-order chi connectivity index (χ1) is 22.1. The number of aromatic nitrogens is 1. The van der Waals surface area contributed by atoms with E-state index in [1.54, 1.807) is 25.3 Å². The monoisotopic (exact) mass is 648 g/mol. The molecule has 4 aromatic rings. The van der Waals surface area contributed by atoms with Gasteiger partial charge in [0.25, 0.3) is 5.91 Å². The molecule has 0 unspecified atom stereocenters. The Morgan fingerprint density at radius 3 is 2.48 bits per heavy atom. The molecule has 1 amide bonds. The summed E-state index contributed by atoms with van der Waals surface area (Å²) in [6.07, 6.45) is 0. The number of carbonyl (C=O) groups is 2. The van der Waals surface area contributed by atoms with E-state index in [0.717, 1.165) is 16.9 Å². The highest BCUT2D eigenvalue weighted by molar-refractivity contribution is 6.31. The highest BCUT2D eigenvalue weighted by atomic mass is 35.5. The van der Waals surface area contributed by atoms with E-state index in [9.17, 15) is 14.0 Å². The van der Waals surface area contributed by atoms with Gasteiger partial charge in [-0.3, -0.25) is 9.59 Å². The maximum atomic E-state index is 13.9. The van der Waals surface area contributed by atoms with Crippen molar-refractivity contribution in [1.82, 2.24) is 10.3 Å². The van der Waals surface area contributed by atoms with Crippen LogP contribution in [0, 0.1) is 5.82 Å². The molecule has 2 heterocycles. The smallest absolute Gasteiger partial charge is 0.251 e. The largest absolute Gasteiger partial charge is 0.497 e. The van der Waals surface area contributed by atoms with Crippen LogP contribution in [0.25, 0.3) is 11.3 Å². The summed E-state index contributed by atoms with van der Waals surface area (Å²) in [7, 11) is 3.09. The van der Waals surface area contributed by atoms with E-state index in [1.165, 1.54) is 31.4 Å². The highest BCUT2D eigenvalue weighted by Gasteiger charge is 2.36. The second-order valence-corrected chi connectivity index (χ2v) is 11.7. The van der Waals surface area contributed by atoms with Gasteiger partial charge in [-0.1, -0.05) is 37.6 Å². The Morgan fingerprint density at radius 1 is 0.978 bits per heavy atom. The summed E-state index contributed by atoms with van der Waals surface area (Å²) >= 11 is 6.03. The van der Waals surface area contributed by atoms with Gasteiger partial charge in [0.1, 0.15) is 35.3 Å². The number of rotatable bonds is 13. The summed E-state index contributed by atoms with van der Waals surface area (Å²) in [5.41, 5.74) is 2.73. The molecular weight excluding hydrogens is 615 g/mol. The van der Waals surface area contributed by atoms with Crippen LogP contribution in [0.2, 0.25) is 5.02 Å². The number of ketones is 1. The third kappa shape index (κ3) is 7.41. The van der Waals surface area contributed by atoms with Gasteiger partial charge >= 0.3 is 0 Å². The zero-order chi connectivity index (χ0) is 32.8. The van der Waals surface area contributed by atoms with Crippen LogP contribution < -0.4 is 24.3 Å². The summed E-state index contributed by atoms with van der Waals surface area (Å²) in [6.45, 7) is 5.11. The van der Waals surface area contributed by atoms with Crippen LogP contribution in [-0.4, -0.2) is 57.3 Å². The first-order valence-electron chi connectivity index (χ1n) is 14.6. The molecule has 1 aliphatic heterocycles. The van der Waals surface area contributed by atoms with E-state index >= 15 is 0 Å². The van der Waals surface area contributed by atoms with Crippen molar-refractivity contribution in [3.8, 4) is 34.3 Å². The van der Waals surface area contributed by atoms with Gasteiger partial charge in [0.2, 0.25) is 0 Å². The zero-order valence-corrected chi connectivity index (χ0v) is 26.7. The number of ether oxygens (including phenoxy) is 5. The van der Waals surface area contributed by atoms with E-state index in [1.807, 2.05) is 38.1 Å². The number of hydrogen-bond donors (Lipinski definition) is 1. The molecule has 1 aliphatic rings. The van der Waals surface area contributed by atoms with Crippen LogP contribution in [0.5, 0.6) is 23.0 Å². The van der Waals surface area contributed by atoms with E-state index in [-0.39, 0.29) is 29.4 Å². The number of methoxy groups -OCH3 is 2. The van der Waals surface area contributed by atoms with Gasteiger partial charge in [-0.05, 0) is 60.2 Å². The number of hydrogen-bond acceptors (Lipinski definition) is 8. The summed E-state index contributed by atoms with van der Waals surface area (Å²) < 4.78 is 41.9. The lowest BCUT2D eigenvalue weighted by Gasteiger charge is -2.17. The lowest BCUT2D eigenvalue weighted by atomic mass is 9.86. The molecule has 1 N–H and O–H groups in total. The van der Waals surface area contributed by atoms with Gasteiger partial charge in [0.15, 0.2) is 17.3 Å². The minimum atomic E-state index is -0.566. The Bertz CT molecular complexity index is 1740. The van der Waals surface area contributed by atoms with Gasteiger partial charge in [-0.25, -0.2) is 9.37 Å². The second-order valence-electron chi connectivity index (χ2n) is 11.3. The van der Waals surface area contributed by atoms with Crippen molar-refractivity contribution in [3.63, 3.8) is 0 Å². The Morgan fingerprint density at radius 2 is 1.76 bits per heavy atom. The Kier molecular flexibility index (Phi) is 10.1. The molecule has 0 atom stereocenters. The molecule has 240 valence electrons. The lowest BCUT2D eigenvalue weighted by Crippen LogP contribution is -2.30. The molecule has 0 spiro atoms. The summed E-state index contributed by atoms with van der Waals surface area (Å²) in [5.74, 6) is 0.659. The molecule has 1 aromatic heterocycles. The highest BCUT2D eigenvalue weighted by Crippen LogP contribution is 2.44. The third-order valence-corrected chi connectivity index (χ3v) is 7.80. The molecule has 5 rings (SSSR count). The number of carbonyl (C=O) groups excluding carboxylic acids is 2. The number of nitrogens with one attached hydrogen (secondary N) is 1. The predicted molar refractivity (Wildman–Crippen MR) is 171 cm³/mol. The fourth-order valence-corrected chi connectivity index (χ4v) is 5.08. The minimum absolute atomic E-state index is 0.0702. The van der Waals surface area contributed by atoms with Crippen molar-refractivity contribution >= 4 is 23.3 Å². The van der Waals surface area contributed by atoms with Crippen LogP contribution >= 0.6 is 11.6 Å². The quantitative estimate of drug-likeness (QED) is 0.131. The molecule has 3 aromatic carbocycles. The molecule has 9 nitrogen and oxygen atoms in total. The Balaban J connectivity index is 1.20. The molecule has 46 heavy (non-hydrogen) atoms. The average molecular weight is 649 g/mol. The van der Waals surface area contributed by atoms with Crippen molar-refractivity contribution < 1.29 is 37.7 Å². The van der Waals surface area contributed by atoms with E-state index in [0.29, 0.717) is 48.3 Å². The topological polar surface area (TPSA) is 105 Å². The van der Waals surface area contributed by atoms with Crippen molar-refractivity contribution in [3.05, 3.63) is 100.0 Å². The van der Waals surface area contributed by atoms with Gasteiger partial charge in [-0.2, -0.15) is 0 Å². The Hall–Kier alpha value is -4.67. The number of benzene rings is 3. The Labute approximate surface area is 271 Å². The van der Waals surface area contributed by atoms with Gasteiger partial charge in [-0.15, -0.1) is 0 Å². The van der Waals surface area contributed by atoms with Crippen LogP contribution in [0.15, 0.2) is 66.7 Å².